The second-order valence-electron chi connectivity index (χ2n) is 7.24. The number of rotatable bonds is 7. The largest absolute Gasteiger partial charge is 0.497 e. The summed E-state index contributed by atoms with van der Waals surface area (Å²) in [5.74, 6) is 0.925. The minimum atomic E-state index is -0.546. The third kappa shape index (κ3) is 5.16. The third-order valence-electron chi connectivity index (χ3n) is 4.77. The first kappa shape index (κ1) is 21.6. The number of aromatic amines is 1. The summed E-state index contributed by atoms with van der Waals surface area (Å²) >= 11 is 0. The van der Waals surface area contributed by atoms with E-state index in [-0.39, 0.29) is 22.8 Å². The number of non-ortho nitro benzene ring substituents is 1. The van der Waals surface area contributed by atoms with Crippen LogP contribution in [0.25, 0.3) is 11.3 Å². The van der Waals surface area contributed by atoms with E-state index in [1.54, 1.807) is 25.3 Å². The van der Waals surface area contributed by atoms with Gasteiger partial charge in [0.2, 0.25) is 0 Å². The van der Waals surface area contributed by atoms with Crippen LogP contribution in [0.15, 0.2) is 72.8 Å². The molecule has 0 atom stereocenters. The summed E-state index contributed by atoms with van der Waals surface area (Å²) in [7, 11) is 1.57. The lowest BCUT2D eigenvalue weighted by Crippen LogP contribution is -2.12. The van der Waals surface area contributed by atoms with Gasteiger partial charge in [-0.2, -0.15) is 5.10 Å². The van der Waals surface area contributed by atoms with Gasteiger partial charge in [0.05, 0.1) is 29.5 Å². The van der Waals surface area contributed by atoms with Crippen LogP contribution in [-0.2, 0) is 0 Å². The van der Waals surface area contributed by atoms with Crippen molar-refractivity contribution in [3.05, 3.63) is 94.2 Å². The van der Waals surface area contributed by atoms with Crippen LogP contribution in [0, 0.1) is 17.0 Å². The minimum absolute atomic E-state index is 0.195. The second kappa shape index (κ2) is 9.23. The van der Waals surface area contributed by atoms with Crippen LogP contribution in [0.2, 0.25) is 0 Å². The molecule has 0 radical (unpaired) electrons. The number of benzene rings is 3. The molecule has 1 heterocycles. The number of nitrogens with zero attached hydrogens (tertiary/aromatic N) is 2. The Morgan fingerprint density at radius 1 is 1.00 bits per heavy atom. The Hall–Kier alpha value is -4.66. The summed E-state index contributed by atoms with van der Waals surface area (Å²) in [4.78, 5) is 23.6. The van der Waals surface area contributed by atoms with Crippen molar-refractivity contribution >= 4 is 17.3 Å². The van der Waals surface area contributed by atoms with Crippen molar-refractivity contribution in [2.75, 3.05) is 12.4 Å². The molecule has 1 amide bonds. The first-order valence-corrected chi connectivity index (χ1v) is 9.96. The number of carbonyl (C=O) groups is 1. The molecule has 33 heavy (non-hydrogen) atoms. The van der Waals surface area contributed by atoms with Gasteiger partial charge in [-0.25, -0.2) is 0 Å². The number of H-pyrrole nitrogens is 1. The van der Waals surface area contributed by atoms with E-state index in [4.69, 9.17) is 9.47 Å². The highest BCUT2D eigenvalue weighted by Gasteiger charge is 2.16. The zero-order chi connectivity index (χ0) is 23.4. The van der Waals surface area contributed by atoms with Crippen LogP contribution in [0.5, 0.6) is 17.2 Å². The van der Waals surface area contributed by atoms with Gasteiger partial charge in [-0.1, -0.05) is 24.3 Å². The summed E-state index contributed by atoms with van der Waals surface area (Å²) in [5, 5.41) is 20.9. The van der Waals surface area contributed by atoms with E-state index >= 15 is 0 Å². The molecule has 2 N–H and O–H groups in total. The number of methoxy groups -OCH3 is 1. The standard InChI is InChI=1S/C24H20N4O5/c1-15-5-3-8-20(9-15)33-21-12-17(11-18(13-21)28(30)31)25-24(29)23-14-22(26-27-23)16-6-4-7-19(10-16)32-2/h3-14H,1-2H3,(H,25,29)(H,26,27). The maximum atomic E-state index is 12.8. The zero-order valence-electron chi connectivity index (χ0n) is 17.9. The van der Waals surface area contributed by atoms with E-state index in [2.05, 4.69) is 15.5 Å². The molecule has 0 aliphatic heterocycles. The molecule has 9 nitrogen and oxygen atoms in total. The summed E-state index contributed by atoms with van der Waals surface area (Å²) in [6.07, 6.45) is 0. The Morgan fingerprint density at radius 3 is 2.55 bits per heavy atom. The van der Waals surface area contributed by atoms with Crippen LogP contribution >= 0.6 is 0 Å². The van der Waals surface area contributed by atoms with Crippen LogP contribution in [0.1, 0.15) is 16.1 Å². The molecule has 3 aromatic carbocycles. The van der Waals surface area contributed by atoms with Gasteiger partial charge in [0.1, 0.15) is 22.9 Å². The molecule has 4 aromatic rings. The van der Waals surface area contributed by atoms with Gasteiger partial charge in [-0.15, -0.1) is 0 Å². The fourth-order valence-corrected chi connectivity index (χ4v) is 3.20. The molecule has 0 unspecified atom stereocenters. The minimum Gasteiger partial charge on any atom is -0.497 e. The van der Waals surface area contributed by atoms with Crippen molar-refractivity contribution in [1.82, 2.24) is 10.2 Å². The zero-order valence-corrected chi connectivity index (χ0v) is 17.9. The molecule has 0 saturated carbocycles. The quantitative estimate of drug-likeness (QED) is 0.293. The highest BCUT2D eigenvalue weighted by Crippen LogP contribution is 2.30. The van der Waals surface area contributed by atoms with Gasteiger partial charge in [0.15, 0.2) is 0 Å². The third-order valence-corrected chi connectivity index (χ3v) is 4.77. The molecular weight excluding hydrogens is 424 g/mol. The smallest absolute Gasteiger partial charge is 0.275 e. The first-order chi connectivity index (χ1) is 15.9. The number of nitrogens with one attached hydrogen (secondary N) is 2. The molecule has 1 aromatic heterocycles. The van der Waals surface area contributed by atoms with Gasteiger partial charge in [0.25, 0.3) is 11.6 Å². The maximum Gasteiger partial charge on any atom is 0.275 e. The normalized spacial score (nSPS) is 10.5. The molecule has 0 aliphatic carbocycles. The molecule has 0 saturated heterocycles. The van der Waals surface area contributed by atoms with Gasteiger partial charge < -0.3 is 14.8 Å². The number of anilines is 1. The van der Waals surface area contributed by atoms with Crippen LogP contribution in [0.4, 0.5) is 11.4 Å². The number of hydrogen-bond acceptors (Lipinski definition) is 6. The lowest BCUT2D eigenvalue weighted by atomic mass is 10.1. The SMILES string of the molecule is COc1cccc(-c2cc(C(=O)Nc3cc(Oc4cccc(C)c4)cc([N+](=O)[O-])c3)[nH]n2)c1. The van der Waals surface area contributed by atoms with Crippen LogP contribution in [-0.4, -0.2) is 28.1 Å². The highest BCUT2D eigenvalue weighted by atomic mass is 16.6. The van der Waals surface area contributed by atoms with Crippen molar-refractivity contribution in [3.63, 3.8) is 0 Å². The lowest BCUT2D eigenvalue weighted by Gasteiger charge is -2.09. The van der Waals surface area contributed by atoms with Crippen LogP contribution in [0.3, 0.4) is 0 Å². The molecule has 166 valence electrons. The highest BCUT2D eigenvalue weighted by molar-refractivity contribution is 6.03. The number of ether oxygens (including phenoxy) is 2. The predicted molar refractivity (Wildman–Crippen MR) is 123 cm³/mol. The molecule has 0 bridgehead atoms. The fourth-order valence-electron chi connectivity index (χ4n) is 3.20. The van der Waals surface area contributed by atoms with Crippen molar-refractivity contribution < 1.29 is 19.2 Å². The number of aryl methyl sites for hydroxylation is 1. The van der Waals surface area contributed by atoms with Crippen LogP contribution < -0.4 is 14.8 Å². The maximum absolute atomic E-state index is 12.8. The number of carbonyl (C=O) groups excluding carboxylic acids is 1. The van der Waals surface area contributed by atoms with Gasteiger partial charge in [-0.3, -0.25) is 20.0 Å². The summed E-state index contributed by atoms with van der Waals surface area (Å²) in [6, 6.07) is 20.2. The monoisotopic (exact) mass is 444 g/mol. The number of amides is 1. The van der Waals surface area contributed by atoms with E-state index in [0.717, 1.165) is 11.1 Å². The van der Waals surface area contributed by atoms with E-state index in [0.29, 0.717) is 17.2 Å². The summed E-state index contributed by atoms with van der Waals surface area (Å²) < 4.78 is 11.0. The predicted octanol–water partition coefficient (Wildman–Crippen LogP) is 5.35. The van der Waals surface area contributed by atoms with Crippen molar-refractivity contribution in [3.8, 4) is 28.5 Å². The molecule has 0 fully saturated rings. The van der Waals surface area contributed by atoms with Gasteiger partial charge >= 0.3 is 0 Å². The Kier molecular flexibility index (Phi) is 6.03. The lowest BCUT2D eigenvalue weighted by molar-refractivity contribution is -0.384. The first-order valence-electron chi connectivity index (χ1n) is 9.96. The van der Waals surface area contributed by atoms with Gasteiger partial charge in [0, 0.05) is 17.7 Å². The summed E-state index contributed by atoms with van der Waals surface area (Å²) in [5.41, 5.74) is 2.51. The number of nitro groups is 1. The Morgan fingerprint density at radius 2 is 1.79 bits per heavy atom. The van der Waals surface area contributed by atoms with E-state index < -0.39 is 10.8 Å². The fraction of sp³-hybridized carbons (Fsp3) is 0.0833. The van der Waals surface area contributed by atoms with Crippen molar-refractivity contribution in [1.29, 1.82) is 0 Å². The Balaban J connectivity index is 1.56. The molecule has 4 rings (SSSR count). The summed E-state index contributed by atoms with van der Waals surface area (Å²) in [6.45, 7) is 1.91. The molecular formula is C24H20N4O5. The average molecular weight is 444 g/mol. The van der Waals surface area contributed by atoms with E-state index in [1.165, 1.54) is 18.2 Å². The Labute approximate surface area is 189 Å². The van der Waals surface area contributed by atoms with Gasteiger partial charge in [-0.05, 0) is 42.8 Å². The number of nitro benzene ring substituents is 1. The van der Waals surface area contributed by atoms with E-state index in [1.807, 2.05) is 43.3 Å². The average Bonchev–Trinajstić information content (AvgIpc) is 3.29. The molecule has 9 heteroatoms. The van der Waals surface area contributed by atoms with Crippen molar-refractivity contribution in [2.24, 2.45) is 0 Å². The van der Waals surface area contributed by atoms with E-state index in [9.17, 15) is 14.9 Å². The second-order valence-corrected chi connectivity index (χ2v) is 7.24. The van der Waals surface area contributed by atoms with Crippen molar-refractivity contribution in [2.45, 2.75) is 6.92 Å². The molecule has 0 aliphatic rings. The molecule has 0 spiro atoms. The number of hydrogen-bond donors (Lipinski definition) is 2. The number of aromatic nitrogens is 2. The topological polar surface area (TPSA) is 119 Å². The Bertz CT molecular complexity index is 1330.